The fraction of sp³-hybridized carbons (Fsp3) is 0.353. The van der Waals surface area contributed by atoms with Crippen molar-refractivity contribution in [2.24, 2.45) is 0 Å². The Hall–Kier alpha value is -2.63. The van der Waals surface area contributed by atoms with Crippen LogP contribution in [0.25, 0.3) is 11.3 Å². The van der Waals surface area contributed by atoms with Gasteiger partial charge in [-0.3, -0.25) is 4.79 Å². The molecule has 0 unspecified atom stereocenters. The Bertz CT molecular complexity index is 684. The van der Waals surface area contributed by atoms with Gasteiger partial charge >= 0.3 is 0 Å². The lowest BCUT2D eigenvalue weighted by molar-refractivity contribution is -0.123. The number of benzene rings is 1. The molecule has 23 heavy (non-hydrogen) atoms. The highest BCUT2D eigenvalue weighted by molar-refractivity contribution is 5.78. The number of nitrogens with one attached hydrogen (secondary N) is 1. The number of rotatable bonds is 5. The summed E-state index contributed by atoms with van der Waals surface area (Å²) in [7, 11) is 0. The number of aromatic nitrogens is 2. The van der Waals surface area contributed by atoms with Crippen LogP contribution in [0.4, 0.5) is 5.95 Å². The fourth-order valence-corrected chi connectivity index (χ4v) is 2.81. The van der Waals surface area contributed by atoms with Crippen molar-refractivity contribution < 1.29 is 9.53 Å². The average molecular weight is 312 g/mol. The van der Waals surface area contributed by atoms with E-state index in [4.69, 9.17) is 10.5 Å². The molecule has 6 heteroatoms. The van der Waals surface area contributed by atoms with Crippen molar-refractivity contribution in [3.8, 4) is 17.0 Å². The number of para-hydroxylation sites is 1. The molecule has 0 aliphatic heterocycles. The Morgan fingerprint density at radius 3 is 2.83 bits per heavy atom. The van der Waals surface area contributed by atoms with Crippen LogP contribution in [0.2, 0.25) is 0 Å². The van der Waals surface area contributed by atoms with Gasteiger partial charge in [0.15, 0.2) is 6.61 Å². The van der Waals surface area contributed by atoms with Crippen LogP contribution in [0.1, 0.15) is 25.7 Å². The van der Waals surface area contributed by atoms with E-state index in [2.05, 4.69) is 15.3 Å². The number of nitrogen functional groups attached to an aromatic ring is 1. The quantitative estimate of drug-likeness (QED) is 0.883. The first kappa shape index (κ1) is 15.3. The molecule has 6 nitrogen and oxygen atoms in total. The summed E-state index contributed by atoms with van der Waals surface area (Å²) in [6.07, 6.45) is 6.08. The summed E-state index contributed by atoms with van der Waals surface area (Å²) in [5, 5.41) is 3.01. The van der Waals surface area contributed by atoms with Gasteiger partial charge in [0, 0.05) is 17.8 Å². The zero-order chi connectivity index (χ0) is 16.1. The van der Waals surface area contributed by atoms with Crippen molar-refractivity contribution in [1.29, 1.82) is 0 Å². The SMILES string of the molecule is Nc1nccc(-c2ccccc2OCC(=O)NC2CCCC2)n1. The molecule has 1 aromatic carbocycles. The highest BCUT2D eigenvalue weighted by Crippen LogP contribution is 2.28. The number of nitrogens with zero attached hydrogens (tertiary/aromatic N) is 2. The summed E-state index contributed by atoms with van der Waals surface area (Å²) in [5.41, 5.74) is 7.09. The number of carbonyl (C=O) groups excluding carboxylic acids is 1. The van der Waals surface area contributed by atoms with Crippen LogP contribution in [0.5, 0.6) is 5.75 Å². The summed E-state index contributed by atoms with van der Waals surface area (Å²) in [5.74, 6) is 0.720. The van der Waals surface area contributed by atoms with Gasteiger partial charge in [-0.25, -0.2) is 9.97 Å². The van der Waals surface area contributed by atoms with Gasteiger partial charge in [0.05, 0.1) is 5.69 Å². The number of carbonyl (C=O) groups is 1. The maximum atomic E-state index is 12.0. The minimum atomic E-state index is -0.0890. The van der Waals surface area contributed by atoms with E-state index in [-0.39, 0.29) is 18.5 Å². The third-order valence-electron chi connectivity index (χ3n) is 3.92. The smallest absolute Gasteiger partial charge is 0.258 e. The molecule has 1 fully saturated rings. The minimum Gasteiger partial charge on any atom is -0.483 e. The lowest BCUT2D eigenvalue weighted by Gasteiger charge is -2.14. The van der Waals surface area contributed by atoms with E-state index in [0.29, 0.717) is 17.5 Å². The van der Waals surface area contributed by atoms with Gasteiger partial charge in [0.25, 0.3) is 5.91 Å². The van der Waals surface area contributed by atoms with Crippen molar-refractivity contribution in [2.75, 3.05) is 12.3 Å². The summed E-state index contributed by atoms with van der Waals surface area (Å²) >= 11 is 0. The molecule has 0 bridgehead atoms. The van der Waals surface area contributed by atoms with E-state index in [1.165, 1.54) is 12.8 Å². The molecule has 0 atom stereocenters. The standard InChI is InChI=1S/C17H20N4O2/c18-17-19-10-9-14(21-17)13-7-3-4-8-15(13)23-11-16(22)20-12-5-1-2-6-12/h3-4,7-10,12H,1-2,5-6,11H2,(H,20,22)(H2,18,19,21). The van der Waals surface area contributed by atoms with Gasteiger partial charge in [0.2, 0.25) is 5.95 Å². The van der Waals surface area contributed by atoms with E-state index in [0.717, 1.165) is 18.4 Å². The third kappa shape index (κ3) is 3.97. The highest BCUT2D eigenvalue weighted by Gasteiger charge is 2.17. The van der Waals surface area contributed by atoms with Crippen molar-refractivity contribution in [2.45, 2.75) is 31.7 Å². The van der Waals surface area contributed by atoms with Gasteiger partial charge in [-0.1, -0.05) is 25.0 Å². The average Bonchev–Trinajstić information content (AvgIpc) is 3.06. The normalized spacial score (nSPS) is 14.6. The Morgan fingerprint density at radius 2 is 2.04 bits per heavy atom. The molecule has 1 aromatic heterocycles. The number of nitrogens with two attached hydrogens (primary N) is 1. The lowest BCUT2D eigenvalue weighted by atomic mass is 10.1. The van der Waals surface area contributed by atoms with Crippen LogP contribution in [0, 0.1) is 0 Å². The summed E-state index contributed by atoms with van der Waals surface area (Å²) < 4.78 is 5.69. The molecule has 1 aliphatic carbocycles. The van der Waals surface area contributed by atoms with E-state index in [1.807, 2.05) is 24.3 Å². The second-order valence-electron chi connectivity index (χ2n) is 5.63. The second kappa shape index (κ2) is 7.09. The molecule has 1 amide bonds. The summed E-state index contributed by atoms with van der Waals surface area (Å²) in [4.78, 5) is 20.1. The highest BCUT2D eigenvalue weighted by atomic mass is 16.5. The molecular weight excluding hydrogens is 292 g/mol. The number of hydrogen-bond acceptors (Lipinski definition) is 5. The Kier molecular flexibility index (Phi) is 4.71. The van der Waals surface area contributed by atoms with E-state index in [1.54, 1.807) is 12.3 Å². The first-order valence-electron chi connectivity index (χ1n) is 7.82. The predicted octanol–water partition coefficient (Wildman–Crippen LogP) is 2.16. The predicted molar refractivity (Wildman–Crippen MR) is 87.8 cm³/mol. The van der Waals surface area contributed by atoms with Crippen LogP contribution in [0.3, 0.4) is 0 Å². The lowest BCUT2D eigenvalue weighted by Crippen LogP contribution is -2.36. The summed E-state index contributed by atoms with van der Waals surface area (Å²) in [6.45, 7) is -0.00587. The number of amides is 1. The molecule has 2 aromatic rings. The zero-order valence-electron chi connectivity index (χ0n) is 12.9. The zero-order valence-corrected chi connectivity index (χ0v) is 12.9. The fourth-order valence-electron chi connectivity index (χ4n) is 2.81. The van der Waals surface area contributed by atoms with Gasteiger partial charge < -0.3 is 15.8 Å². The molecule has 0 radical (unpaired) electrons. The number of anilines is 1. The van der Waals surface area contributed by atoms with E-state index >= 15 is 0 Å². The molecule has 1 saturated carbocycles. The van der Waals surface area contributed by atoms with Crippen molar-refractivity contribution in [3.63, 3.8) is 0 Å². The largest absolute Gasteiger partial charge is 0.483 e. The van der Waals surface area contributed by atoms with Crippen LogP contribution in [0.15, 0.2) is 36.5 Å². The number of hydrogen-bond donors (Lipinski definition) is 2. The van der Waals surface area contributed by atoms with Gasteiger partial charge in [-0.05, 0) is 31.0 Å². The van der Waals surface area contributed by atoms with Crippen LogP contribution in [-0.4, -0.2) is 28.5 Å². The van der Waals surface area contributed by atoms with Crippen LogP contribution < -0.4 is 15.8 Å². The Morgan fingerprint density at radius 1 is 1.26 bits per heavy atom. The van der Waals surface area contributed by atoms with E-state index < -0.39 is 0 Å². The Balaban J connectivity index is 1.67. The third-order valence-corrected chi connectivity index (χ3v) is 3.92. The monoisotopic (exact) mass is 312 g/mol. The van der Waals surface area contributed by atoms with E-state index in [9.17, 15) is 4.79 Å². The molecule has 0 saturated heterocycles. The Labute approximate surface area is 135 Å². The maximum Gasteiger partial charge on any atom is 0.258 e. The molecular formula is C17H20N4O2. The molecule has 3 rings (SSSR count). The first-order valence-corrected chi connectivity index (χ1v) is 7.82. The molecule has 3 N–H and O–H groups in total. The van der Waals surface area contributed by atoms with Crippen molar-refractivity contribution in [3.05, 3.63) is 36.5 Å². The topological polar surface area (TPSA) is 90.1 Å². The molecule has 1 heterocycles. The van der Waals surface area contributed by atoms with Gasteiger partial charge in [0.1, 0.15) is 5.75 Å². The number of ether oxygens (including phenoxy) is 1. The minimum absolute atomic E-state index is 0.00587. The second-order valence-corrected chi connectivity index (χ2v) is 5.63. The molecule has 1 aliphatic rings. The van der Waals surface area contributed by atoms with Gasteiger partial charge in [-0.2, -0.15) is 0 Å². The maximum absolute atomic E-state index is 12.0. The van der Waals surface area contributed by atoms with Crippen molar-refractivity contribution >= 4 is 11.9 Å². The van der Waals surface area contributed by atoms with Crippen molar-refractivity contribution in [1.82, 2.24) is 15.3 Å². The molecule has 120 valence electrons. The van der Waals surface area contributed by atoms with Crippen LogP contribution >= 0.6 is 0 Å². The molecule has 0 spiro atoms. The van der Waals surface area contributed by atoms with Crippen LogP contribution in [-0.2, 0) is 4.79 Å². The summed E-state index contributed by atoms with van der Waals surface area (Å²) in [6, 6.07) is 9.50. The first-order chi connectivity index (χ1) is 11.2. The van der Waals surface area contributed by atoms with Gasteiger partial charge in [-0.15, -0.1) is 0 Å².